The Bertz CT molecular complexity index is 626. The molecular formula is C17H34N8O6. The SMILES string of the molecule is NCCCC[C@H](NC(=O)[C@H](CCCN=C(N)N)NC(=O)CN)C(=O)N[C@@H](CO)C(=O)O. The second kappa shape index (κ2) is 15.8. The smallest absolute Gasteiger partial charge is 0.328 e. The Hall–Kier alpha value is -2.97. The highest BCUT2D eigenvalue weighted by Gasteiger charge is 2.28. The first kappa shape index (κ1) is 28.0. The molecule has 0 bridgehead atoms. The van der Waals surface area contributed by atoms with Crippen molar-refractivity contribution in [1.29, 1.82) is 0 Å². The lowest BCUT2D eigenvalue weighted by atomic mass is 10.1. The summed E-state index contributed by atoms with van der Waals surface area (Å²) in [5.74, 6) is -3.54. The Kier molecular flexibility index (Phi) is 14.3. The Morgan fingerprint density at radius 3 is 1.87 bits per heavy atom. The van der Waals surface area contributed by atoms with Crippen LogP contribution in [0, 0.1) is 0 Å². The van der Waals surface area contributed by atoms with Gasteiger partial charge < -0.3 is 49.1 Å². The molecule has 0 saturated carbocycles. The summed E-state index contributed by atoms with van der Waals surface area (Å²) in [5, 5.41) is 25.3. The van der Waals surface area contributed by atoms with Gasteiger partial charge in [0.25, 0.3) is 0 Å². The molecule has 13 N–H and O–H groups in total. The molecule has 0 spiro atoms. The molecule has 0 heterocycles. The molecule has 0 aromatic carbocycles. The van der Waals surface area contributed by atoms with Crippen molar-refractivity contribution < 1.29 is 29.4 Å². The largest absolute Gasteiger partial charge is 0.480 e. The van der Waals surface area contributed by atoms with Crippen LogP contribution in [0.15, 0.2) is 4.99 Å². The fourth-order valence-electron chi connectivity index (χ4n) is 2.52. The lowest BCUT2D eigenvalue weighted by Crippen LogP contribution is -2.56. The van der Waals surface area contributed by atoms with Crippen LogP contribution in [0.5, 0.6) is 0 Å². The molecule has 0 fully saturated rings. The quantitative estimate of drug-likeness (QED) is 0.0624. The molecule has 0 radical (unpaired) electrons. The topological polar surface area (TPSA) is 261 Å². The molecule has 14 nitrogen and oxygen atoms in total. The minimum atomic E-state index is -1.52. The van der Waals surface area contributed by atoms with Crippen LogP contribution in [0.4, 0.5) is 0 Å². The number of carbonyl (C=O) groups excluding carboxylic acids is 3. The summed E-state index contributed by atoms with van der Waals surface area (Å²) in [6.07, 6.45) is 1.76. The zero-order valence-electron chi connectivity index (χ0n) is 17.4. The number of nitrogens with one attached hydrogen (secondary N) is 3. The molecule has 178 valence electrons. The summed E-state index contributed by atoms with van der Waals surface area (Å²) in [6.45, 7) is -0.558. The third kappa shape index (κ3) is 12.3. The highest BCUT2D eigenvalue weighted by molar-refractivity contribution is 5.93. The van der Waals surface area contributed by atoms with Gasteiger partial charge in [0.05, 0.1) is 13.2 Å². The van der Waals surface area contributed by atoms with Gasteiger partial charge in [-0.2, -0.15) is 0 Å². The third-order valence-corrected chi connectivity index (χ3v) is 4.16. The van der Waals surface area contributed by atoms with Crippen molar-refractivity contribution in [3.8, 4) is 0 Å². The predicted molar refractivity (Wildman–Crippen MR) is 112 cm³/mol. The van der Waals surface area contributed by atoms with Gasteiger partial charge in [0, 0.05) is 6.54 Å². The maximum atomic E-state index is 12.7. The van der Waals surface area contributed by atoms with E-state index < -0.39 is 48.4 Å². The number of nitrogens with zero attached hydrogens (tertiary/aromatic N) is 1. The average molecular weight is 447 g/mol. The number of rotatable bonds is 16. The Morgan fingerprint density at radius 2 is 1.39 bits per heavy atom. The van der Waals surface area contributed by atoms with Crippen molar-refractivity contribution in [3.63, 3.8) is 0 Å². The monoisotopic (exact) mass is 446 g/mol. The Balaban J connectivity index is 5.27. The molecule has 0 aliphatic carbocycles. The lowest BCUT2D eigenvalue weighted by molar-refractivity contribution is -0.143. The van der Waals surface area contributed by atoms with Crippen molar-refractivity contribution >= 4 is 29.7 Å². The van der Waals surface area contributed by atoms with Crippen molar-refractivity contribution in [2.24, 2.45) is 27.9 Å². The molecule has 0 unspecified atom stereocenters. The number of carboxylic acid groups (broad SMARTS) is 1. The average Bonchev–Trinajstić information content (AvgIpc) is 2.72. The Morgan fingerprint density at radius 1 is 0.839 bits per heavy atom. The van der Waals surface area contributed by atoms with Crippen molar-refractivity contribution in [3.05, 3.63) is 0 Å². The van der Waals surface area contributed by atoms with Crippen molar-refractivity contribution in [2.45, 2.75) is 50.2 Å². The number of hydrogen-bond donors (Lipinski definition) is 9. The van der Waals surface area contributed by atoms with Crippen LogP contribution in [0.1, 0.15) is 32.1 Å². The zero-order chi connectivity index (χ0) is 23.8. The van der Waals surface area contributed by atoms with E-state index in [1.54, 1.807) is 0 Å². The number of amides is 3. The van der Waals surface area contributed by atoms with E-state index in [4.69, 9.17) is 33.1 Å². The van der Waals surface area contributed by atoms with Crippen LogP contribution in [0.25, 0.3) is 0 Å². The number of aliphatic imine (C=N–C) groups is 1. The van der Waals surface area contributed by atoms with Crippen LogP contribution in [-0.4, -0.2) is 84.2 Å². The van der Waals surface area contributed by atoms with Gasteiger partial charge in [-0.15, -0.1) is 0 Å². The normalized spacial score (nSPS) is 13.4. The first-order valence-electron chi connectivity index (χ1n) is 9.85. The number of aliphatic hydroxyl groups is 1. The number of unbranched alkanes of at least 4 members (excludes halogenated alkanes) is 1. The third-order valence-electron chi connectivity index (χ3n) is 4.16. The van der Waals surface area contributed by atoms with Crippen LogP contribution in [0.2, 0.25) is 0 Å². The second-order valence-electron chi connectivity index (χ2n) is 6.70. The van der Waals surface area contributed by atoms with E-state index in [2.05, 4.69) is 20.9 Å². The standard InChI is InChI=1S/C17H34N8O6/c18-6-2-1-4-11(15(29)25-12(9-26)16(30)31)24-14(28)10(23-13(27)8-19)5-3-7-22-17(20)21/h10-12,26H,1-9,18-19H2,(H,23,27)(H,24,28)(H,25,29)(H,30,31)(H4,20,21,22)/t10-,11-,12-/m0/s1. The van der Waals surface area contributed by atoms with E-state index >= 15 is 0 Å². The molecule has 3 atom stereocenters. The van der Waals surface area contributed by atoms with Gasteiger partial charge in [-0.05, 0) is 38.6 Å². The van der Waals surface area contributed by atoms with Gasteiger partial charge >= 0.3 is 5.97 Å². The van der Waals surface area contributed by atoms with E-state index in [1.807, 2.05) is 0 Å². The molecular weight excluding hydrogens is 412 g/mol. The van der Waals surface area contributed by atoms with Gasteiger partial charge in [-0.25, -0.2) is 4.79 Å². The highest BCUT2D eigenvalue weighted by atomic mass is 16.4. The molecule has 0 aliphatic heterocycles. The van der Waals surface area contributed by atoms with Gasteiger partial charge in [-0.1, -0.05) is 0 Å². The maximum Gasteiger partial charge on any atom is 0.328 e. The summed E-state index contributed by atoms with van der Waals surface area (Å²) < 4.78 is 0. The fraction of sp³-hybridized carbons (Fsp3) is 0.706. The van der Waals surface area contributed by atoms with E-state index in [1.165, 1.54) is 0 Å². The molecule has 0 aromatic heterocycles. The van der Waals surface area contributed by atoms with Crippen LogP contribution >= 0.6 is 0 Å². The van der Waals surface area contributed by atoms with Gasteiger partial charge in [0.1, 0.15) is 18.1 Å². The number of carbonyl (C=O) groups is 4. The van der Waals surface area contributed by atoms with Gasteiger partial charge in [-0.3, -0.25) is 19.4 Å². The highest BCUT2D eigenvalue weighted by Crippen LogP contribution is 2.05. The first-order chi connectivity index (χ1) is 14.7. The first-order valence-corrected chi connectivity index (χ1v) is 9.85. The summed E-state index contributed by atoms with van der Waals surface area (Å²) in [5.41, 5.74) is 21.2. The van der Waals surface area contributed by atoms with E-state index in [0.29, 0.717) is 25.8 Å². The summed E-state index contributed by atoms with van der Waals surface area (Å²) in [4.78, 5) is 51.8. The molecule has 0 rings (SSSR count). The van der Waals surface area contributed by atoms with Crippen molar-refractivity contribution in [1.82, 2.24) is 16.0 Å². The summed E-state index contributed by atoms with van der Waals surface area (Å²) >= 11 is 0. The molecule has 0 aliphatic rings. The van der Waals surface area contributed by atoms with Crippen LogP contribution in [-0.2, 0) is 19.2 Å². The second-order valence-corrected chi connectivity index (χ2v) is 6.70. The Labute approximate surface area is 180 Å². The van der Waals surface area contributed by atoms with Crippen LogP contribution < -0.4 is 38.9 Å². The fourth-order valence-corrected chi connectivity index (χ4v) is 2.52. The zero-order valence-corrected chi connectivity index (χ0v) is 17.4. The summed E-state index contributed by atoms with van der Waals surface area (Å²) in [6, 6.07) is -3.63. The van der Waals surface area contributed by atoms with E-state index in [-0.39, 0.29) is 31.9 Å². The van der Waals surface area contributed by atoms with Gasteiger partial charge in [0.15, 0.2) is 5.96 Å². The molecule has 3 amide bonds. The number of hydrogen-bond acceptors (Lipinski definition) is 8. The van der Waals surface area contributed by atoms with E-state index in [0.717, 1.165) is 0 Å². The number of nitrogens with two attached hydrogens (primary N) is 4. The van der Waals surface area contributed by atoms with Gasteiger partial charge in [0.2, 0.25) is 17.7 Å². The molecule has 0 aromatic rings. The minimum absolute atomic E-state index is 0.111. The van der Waals surface area contributed by atoms with Crippen molar-refractivity contribution in [2.75, 3.05) is 26.2 Å². The summed E-state index contributed by atoms with van der Waals surface area (Å²) in [7, 11) is 0. The molecule has 14 heteroatoms. The number of guanidine groups is 1. The number of aliphatic hydroxyl groups excluding tert-OH is 1. The molecule has 31 heavy (non-hydrogen) atoms. The molecule has 0 saturated heterocycles. The van der Waals surface area contributed by atoms with E-state index in [9.17, 15) is 19.2 Å². The number of aliphatic carboxylic acids is 1. The lowest BCUT2D eigenvalue weighted by Gasteiger charge is -2.24. The predicted octanol–water partition coefficient (Wildman–Crippen LogP) is -4.34. The van der Waals surface area contributed by atoms with Crippen LogP contribution in [0.3, 0.4) is 0 Å². The minimum Gasteiger partial charge on any atom is -0.480 e. The maximum absolute atomic E-state index is 12.7. The number of carboxylic acids is 1.